The zero-order valence-electron chi connectivity index (χ0n) is 18.4. The van der Waals surface area contributed by atoms with Gasteiger partial charge in [0.1, 0.15) is 0 Å². The maximum absolute atomic E-state index is 2.31. The van der Waals surface area contributed by atoms with Gasteiger partial charge in [-0.25, -0.2) is 0 Å². The van der Waals surface area contributed by atoms with Crippen molar-refractivity contribution in [1.82, 2.24) is 0 Å². The van der Waals surface area contributed by atoms with Gasteiger partial charge in [-0.15, -0.1) is 0 Å². The summed E-state index contributed by atoms with van der Waals surface area (Å²) in [7, 11) is 0. The second-order valence-corrected chi connectivity index (χ2v) is 7.64. The number of benzene rings is 4. The van der Waals surface area contributed by atoms with Crippen LogP contribution >= 0.6 is 0 Å². The predicted octanol–water partition coefficient (Wildman–Crippen LogP) is 8.47. The van der Waals surface area contributed by atoms with Crippen molar-refractivity contribution in [2.75, 3.05) is 0 Å². The van der Waals surface area contributed by atoms with Crippen LogP contribution in [-0.4, -0.2) is 0 Å². The summed E-state index contributed by atoms with van der Waals surface area (Å²) in [6.45, 7) is 8.25. The van der Waals surface area contributed by atoms with E-state index in [9.17, 15) is 0 Å². The minimum Gasteiger partial charge on any atom is -0.0683 e. The molecule has 4 aromatic rings. The quantitative estimate of drug-likeness (QED) is 0.244. The Labute approximate surface area is 181 Å². The molecule has 0 heterocycles. The lowest BCUT2D eigenvalue weighted by Gasteiger charge is -2.30. The van der Waals surface area contributed by atoms with E-state index in [4.69, 9.17) is 0 Å². The summed E-state index contributed by atoms with van der Waals surface area (Å²) in [4.78, 5) is 0. The average molecular weight is 391 g/mol. The molecule has 30 heavy (non-hydrogen) atoms. The summed E-state index contributed by atoms with van der Waals surface area (Å²) in [5.74, 6) is 0. The number of rotatable bonds is 0. The standard InChI is InChI=1S/C25H16.C3H8.C2H6/c1-5-13-21-17(9-1)18-10-2-6-14-22(18)25(21)23-15-7-3-11-19(23)20-12-4-8-16-24(20)25;1-3-2;1-2/h1-16H;3H2,1-2H3;1-2H3. The van der Waals surface area contributed by atoms with E-state index in [1.807, 2.05) is 13.8 Å². The second kappa shape index (κ2) is 8.32. The summed E-state index contributed by atoms with van der Waals surface area (Å²) < 4.78 is 0. The fourth-order valence-electron chi connectivity index (χ4n) is 5.05. The van der Waals surface area contributed by atoms with Crippen molar-refractivity contribution in [3.05, 3.63) is 119 Å². The molecular formula is C30H30. The van der Waals surface area contributed by atoms with E-state index in [0.29, 0.717) is 0 Å². The van der Waals surface area contributed by atoms with Gasteiger partial charge in [0.2, 0.25) is 0 Å². The molecule has 0 heteroatoms. The van der Waals surface area contributed by atoms with Gasteiger partial charge in [-0.05, 0) is 44.5 Å². The lowest BCUT2D eigenvalue weighted by molar-refractivity contribution is 0.794. The van der Waals surface area contributed by atoms with Crippen LogP contribution in [0.25, 0.3) is 22.3 Å². The first-order valence-electron chi connectivity index (χ1n) is 11.2. The summed E-state index contributed by atoms with van der Waals surface area (Å²) >= 11 is 0. The van der Waals surface area contributed by atoms with E-state index in [1.165, 1.54) is 50.9 Å². The second-order valence-electron chi connectivity index (χ2n) is 7.64. The normalized spacial score (nSPS) is 13.1. The predicted molar refractivity (Wildman–Crippen MR) is 130 cm³/mol. The van der Waals surface area contributed by atoms with Gasteiger partial charge in [0.15, 0.2) is 0 Å². The molecule has 6 rings (SSSR count). The Morgan fingerprint density at radius 2 is 0.633 bits per heavy atom. The van der Waals surface area contributed by atoms with E-state index < -0.39 is 0 Å². The molecule has 0 saturated carbocycles. The summed E-state index contributed by atoms with van der Waals surface area (Å²) in [5.41, 5.74) is 10.9. The lowest BCUT2D eigenvalue weighted by atomic mass is 9.70. The fraction of sp³-hybridized carbons (Fsp3) is 0.200. The zero-order valence-corrected chi connectivity index (χ0v) is 18.4. The van der Waals surface area contributed by atoms with E-state index >= 15 is 0 Å². The first kappa shape index (κ1) is 20.2. The van der Waals surface area contributed by atoms with Gasteiger partial charge < -0.3 is 0 Å². The number of fused-ring (bicyclic) bond motifs is 10. The molecule has 0 nitrogen and oxygen atoms in total. The Kier molecular flexibility index (Phi) is 5.59. The third-order valence-electron chi connectivity index (χ3n) is 5.90. The molecule has 0 aromatic heterocycles. The van der Waals surface area contributed by atoms with Crippen molar-refractivity contribution in [2.45, 2.75) is 39.5 Å². The summed E-state index contributed by atoms with van der Waals surface area (Å²) in [6, 6.07) is 35.7. The summed E-state index contributed by atoms with van der Waals surface area (Å²) in [5, 5.41) is 0. The van der Waals surface area contributed by atoms with Crippen LogP contribution in [0.3, 0.4) is 0 Å². The van der Waals surface area contributed by atoms with E-state index in [0.717, 1.165) is 0 Å². The molecule has 0 saturated heterocycles. The first-order valence-corrected chi connectivity index (χ1v) is 11.2. The molecule has 0 fully saturated rings. The van der Waals surface area contributed by atoms with Crippen molar-refractivity contribution in [2.24, 2.45) is 0 Å². The third-order valence-corrected chi connectivity index (χ3v) is 5.90. The molecule has 0 bridgehead atoms. The molecule has 0 N–H and O–H groups in total. The molecule has 0 unspecified atom stereocenters. The Hall–Kier alpha value is -3.12. The van der Waals surface area contributed by atoms with Gasteiger partial charge >= 0.3 is 0 Å². The SMILES string of the molecule is CC.CCC.c1ccc2c(c1)-c1ccccc1C21c2ccccc2-c2ccccc21. The summed E-state index contributed by atoms with van der Waals surface area (Å²) in [6.07, 6.45) is 1.25. The minimum absolute atomic E-state index is 0.180. The van der Waals surface area contributed by atoms with Crippen molar-refractivity contribution >= 4 is 0 Å². The molecule has 1 spiro atoms. The van der Waals surface area contributed by atoms with Gasteiger partial charge in [-0.1, -0.05) is 131 Å². The van der Waals surface area contributed by atoms with Crippen LogP contribution in [0.4, 0.5) is 0 Å². The van der Waals surface area contributed by atoms with Crippen LogP contribution in [0.5, 0.6) is 0 Å². The van der Waals surface area contributed by atoms with Crippen molar-refractivity contribution in [1.29, 1.82) is 0 Å². The fourth-order valence-corrected chi connectivity index (χ4v) is 5.05. The van der Waals surface area contributed by atoms with Crippen LogP contribution in [-0.2, 0) is 5.41 Å². The highest BCUT2D eigenvalue weighted by atomic mass is 14.5. The first-order chi connectivity index (χ1) is 14.8. The molecule has 0 radical (unpaired) electrons. The average Bonchev–Trinajstić information content (AvgIpc) is 3.29. The number of hydrogen-bond acceptors (Lipinski definition) is 0. The molecule has 0 aliphatic heterocycles. The van der Waals surface area contributed by atoms with Gasteiger partial charge in [0.25, 0.3) is 0 Å². The Bertz CT molecular complexity index is 978. The number of hydrogen-bond donors (Lipinski definition) is 0. The molecule has 4 aromatic carbocycles. The van der Waals surface area contributed by atoms with E-state index in [2.05, 4.69) is 111 Å². The molecule has 150 valence electrons. The minimum atomic E-state index is -0.180. The van der Waals surface area contributed by atoms with E-state index in [-0.39, 0.29) is 5.41 Å². The smallest absolute Gasteiger partial charge is 0.0683 e. The van der Waals surface area contributed by atoms with Crippen molar-refractivity contribution in [3.8, 4) is 22.3 Å². The van der Waals surface area contributed by atoms with Gasteiger partial charge in [0.05, 0.1) is 5.41 Å². The molecule has 0 amide bonds. The Balaban J connectivity index is 0.000000403. The Morgan fingerprint density at radius 1 is 0.433 bits per heavy atom. The van der Waals surface area contributed by atoms with E-state index in [1.54, 1.807) is 0 Å². The van der Waals surface area contributed by atoms with Crippen molar-refractivity contribution < 1.29 is 0 Å². The third kappa shape index (κ3) is 2.67. The maximum Gasteiger partial charge on any atom is 0.0725 e. The highest BCUT2D eigenvalue weighted by Gasteiger charge is 2.51. The van der Waals surface area contributed by atoms with Crippen LogP contribution in [0.15, 0.2) is 97.1 Å². The van der Waals surface area contributed by atoms with Crippen LogP contribution < -0.4 is 0 Å². The lowest BCUT2D eigenvalue weighted by Crippen LogP contribution is -2.25. The Morgan fingerprint density at radius 3 is 0.867 bits per heavy atom. The largest absolute Gasteiger partial charge is 0.0725 e. The van der Waals surface area contributed by atoms with Crippen LogP contribution in [0.1, 0.15) is 56.4 Å². The van der Waals surface area contributed by atoms with Gasteiger partial charge in [-0.2, -0.15) is 0 Å². The molecule has 2 aliphatic rings. The van der Waals surface area contributed by atoms with Crippen LogP contribution in [0.2, 0.25) is 0 Å². The van der Waals surface area contributed by atoms with Crippen molar-refractivity contribution in [3.63, 3.8) is 0 Å². The van der Waals surface area contributed by atoms with Gasteiger partial charge in [-0.3, -0.25) is 0 Å². The molecular weight excluding hydrogens is 360 g/mol. The highest BCUT2D eigenvalue weighted by molar-refractivity contribution is 5.94. The van der Waals surface area contributed by atoms with Crippen LogP contribution in [0, 0.1) is 0 Å². The topological polar surface area (TPSA) is 0 Å². The zero-order chi connectivity index (χ0) is 21.1. The van der Waals surface area contributed by atoms with Gasteiger partial charge in [0, 0.05) is 0 Å². The molecule has 0 atom stereocenters. The molecule has 2 aliphatic carbocycles. The highest BCUT2D eigenvalue weighted by Crippen LogP contribution is 2.62. The maximum atomic E-state index is 2.31. The monoisotopic (exact) mass is 390 g/mol.